The lowest BCUT2D eigenvalue weighted by molar-refractivity contribution is 0.569. The van der Waals surface area contributed by atoms with Crippen LogP contribution in [0.4, 0.5) is 0 Å². The van der Waals surface area contributed by atoms with E-state index in [9.17, 15) is 8.42 Å². The largest absolute Gasteiger partial charge is 0.320 e. The number of hydrogen-bond acceptors (Lipinski definition) is 3. The molecule has 0 bridgehead atoms. The van der Waals surface area contributed by atoms with Gasteiger partial charge in [-0.15, -0.1) is 0 Å². The van der Waals surface area contributed by atoms with Gasteiger partial charge in [0, 0.05) is 6.54 Å². The summed E-state index contributed by atoms with van der Waals surface area (Å²) in [7, 11) is -1.27. The second kappa shape index (κ2) is 8.30. The van der Waals surface area contributed by atoms with Crippen LogP contribution >= 0.6 is 0 Å². The number of rotatable bonds is 9. The van der Waals surface area contributed by atoms with Crippen LogP contribution < -0.4 is 10.0 Å². The first-order valence-corrected chi connectivity index (χ1v) is 8.37. The topological polar surface area (TPSA) is 58.2 Å². The SMILES string of the molecule is CNCCCCS(=O)(=O)NCC(C)c1ccccc1. The van der Waals surface area contributed by atoms with Gasteiger partial charge in [-0.25, -0.2) is 13.1 Å². The summed E-state index contributed by atoms with van der Waals surface area (Å²) in [6.45, 7) is 3.34. The van der Waals surface area contributed by atoms with Gasteiger partial charge in [0.2, 0.25) is 10.0 Å². The number of nitrogens with one attached hydrogen (secondary N) is 2. The predicted octanol–water partition coefficient (Wildman–Crippen LogP) is 1.71. The van der Waals surface area contributed by atoms with E-state index in [1.54, 1.807) is 0 Å². The fraction of sp³-hybridized carbons (Fsp3) is 0.571. The van der Waals surface area contributed by atoms with Crippen LogP contribution in [0.15, 0.2) is 30.3 Å². The third-order valence-corrected chi connectivity index (χ3v) is 4.50. The van der Waals surface area contributed by atoms with Gasteiger partial charge >= 0.3 is 0 Å². The van der Waals surface area contributed by atoms with Crippen LogP contribution in [0.3, 0.4) is 0 Å². The zero-order valence-electron chi connectivity index (χ0n) is 11.7. The maximum absolute atomic E-state index is 11.8. The maximum Gasteiger partial charge on any atom is 0.211 e. The number of benzene rings is 1. The van der Waals surface area contributed by atoms with E-state index in [2.05, 4.69) is 10.0 Å². The van der Waals surface area contributed by atoms with E-state index in [-0.39, 0.29) is 11.7 Å². The smallest absolute Gasteiger partial charge is 0.211 e. The number of hydrogen-bond donors (Lipinski definition) is 2. The molecule has 2 N–H and O–H groups in total. The van der Waals surface area contributed by atoms with Gasteiger partial charge in [-0.05, 0) is 37.9 Å². The van der Waals surface area contributed by atoms with E-state index in [0.717, 1.165) is 18.5 Å². The molecule has 0 saturated carbocycles. The molecule has 1 unspecified atom stereocenters. The fourth-order valence-electron chi connectivity index (χ4n) is 1.82. The summed E-state index contributed by atoms with van der Waals surface area (Å²) in [5, 5.41) is 3.01. The molecule has 108 valence electrons. The highest BCUT2D eigenvalue weighted by Gasteiger charge is 2.12. The van der Waals surface area contributed by atoms with Crippen molar-refractivity contribution in [1.29, 1.82) is 0 Å². The zero-order valence-corrected chi connectivity index (χ0v) is 12.5. The molecule has 19 heavy (non-hydrogen) atoms. The molecule has 0 heterocycles. The summed E-state index contributed by atoms with van der Waals surface area (Å²) in [5.74, 6) is 0.393. The highest BCUT2D eigenvalue weighted by atomic mass is 32.2. The van der Waals surface area contributed by atoms with Crippen molar-refractivity contribution < 1.29 is 8.42 Å². The van der Waals surface area contributed by atoms with Gasteiger partial charge in [-0.1, -0.05) is 37.3 Å². The van der Waals surface area contributed by atoms with Crippen molar-refractivity contribution in [2.24, 2.45) is 0 Å². The third kappa shape index (κ3) is 6.71. The Morgan fingerprint density at radius 2 is 1.84 bits per heavy atom. The molecule has 0 radical (unpaired) electrons. The lowest BCUT2D eigenvalue weighted by atomic mass is 10.0. The van der Waals surface area contributed by atoms with Crippen molar-refractivity contribution in [2.75, 3.05) is 25.9 Å². The highest BCUT2D eigenvalue weighted by Crippen LogP contribution is 2.13. The van der Waals surface area contributed by atoms with Crippen LogP contribution in [0.25, 0.3) is 0 Å². The van der Waals surface area contributed by atoms with Crippen molar-refractivity contribution in [3.63, 3.8) is 0 Å². The molecule has 5 heteroatoms. The first kappa shape index (κ1) is 16.1. The van der Waals surface area contributed by atoms with E-state index in [4.69, 9.17) is 0 Å². The third-order valence-electron chi connectivity index (χ3n) is 3.07. The molecule has 1 aromatic rings. The van der Waals surface area contributed by atoms with Gasteiger partial charge in [0.15, 0.2) is 0 Å². The maximum atomic E-state index is 11.8. The van der Waals surface area contributed by atoms with E-state index in [1.807, 2.05) is 44.3 Å². The van der Waals surface area contributed by atoms with Crippen LogP contribution in [-0.2, 0) is 10.0 Å². The molecule has 4 nitrogen and oxygen atoms in total. The predicted molar refractivity (Wildman–Crippen MR) is 79.8 cm³/mol. The number of sulfonamides is 1. The summed E-state index contributed by atoms with van der Waals surface area (Å²) in [4.78, 5) is 0. The molecule has 0 aliphatic rings. The second-order valence-corrected chi connectivity index (χ2v) is 6.72. The summed E-state index contributed by atoms with van der Waals surface area (Å²) in [6, 6.07) is 9.94. The standard InChI is InChI=1S/C14H24N2O2S/c1-13(14-8-4-3-5-9-14)12-16-19(17,18)11-7-6-10-15-2/h3-5,8-9,13,15-16H,6-7,10-12H2,1-2H3. The highest BCUT2D eigenvalue weighted by molar-refractivity contribution is 7.89. The van der Waals surface area contributed by atoms with Crippen LogP contribution in [0, 0.1) is 0 Å². The van der Waals surface area contributed by atoms with Crippen molar-refractivity contribution in [3.8, 4) is 0 Å². The van der Waals surface area contributed by atoms with Crippen LogP contribution in [-0.4, -0.2) is 34.3 Å². The molecule has 0 aliphatic carbocycles. The molecule has 0 fully saturated rings. The summed E-state index contributed by atoms with van der Waals surface area (Å²) >= 11 is 0. The normalized spacial score (nSPS) is 13.4. The van der Waals surface area contributed by atoms with Crippen molar-refractivity contribution in [1.82, 2.24) is 10.0 Å². The Bertz CT molecular complexity index is 446. The molecule has 0 aromatic heterocycles. The second-order valence-electron chi connectivity index (χ2n) is 4.79. The minimum atomic E-state index is -3.14. The quantitative estimate of drug-likeness (QED) is 0.679. The first-order chi connectivity index (χ1) is 9.05. The molecule has 1 atom stereocenters. The van der Waals surface area contributed by atoms with Gasteiger partial charge < -0.3 is 5.32 Å². The van der Waals surface area contributed by atoms with Gasteiger partial charge in [0.1, 0.15) is 0 Å². The van der Waals surface area contributed by atoms with Crippen LogP contribution in [0.5, 0.6) is 0 Å². The fourth-order valence-corrected chi connectivity index (χ4v) is 3.05. The van der Waals surface area contributed by atoms with Gasteiger partial charge in [-0.3, -0.25) is 0 Å². The molecule has 0 aliphatic heterocycles. The van der Waals surface area contributed by atoms with Crippen LogP contribution in [0.2, 0.25) is 0 Å². The van der Waals surface area contributed by atoms with Crippen LogP contribution in [0.1, 0.15) is 31.2 Å². The molecule has 0 amide bonds. The first-order valence-electron chi connectivity index (χ1n) is 6.72. The molecular weight excluding hydrogens is 260 g/mol. The molecular formula is C14H24N2O2S. The minimum Gasteiger partial charge on any atom is -0.320 e. The lowest BCUT2D eigenvalue weighted by Gasteiger charge is -2.13. The average Bonchev–Trinajstić information content (AvgIpc) is 2.42. The molecule has 1 rings (SSSR count). The molecule has 0 saturated heterocycles. The van der Waals surface area contributed by atoms with Gasteiger partial charge in [0.25, 0.3) is 0 Å². The van der Waals surface area contributed by atoms with E-state index >= 15 is 0 Å². The minimum absolute atomic E-state index is 0.188. The Hall–Kier alpha value is -0.910. The summed E-state index contributed by atoms with van der Waals surface area (Å²) in [6.07, 6.45) is 1.57. The summed E-state index contributed by atoms with van der Waals surface area (Å²) in [5.41, 5.74) is 1.15. The Labute approximate surface area is 116 Å². The van der Waals surface area contributed by atoms with Gasteiger partial charge in [-0.2, -0.15) is 0 Å². The Morgan fingerprint density at radius 3 is 2.47 bits per heavy atom. The average molecular weight is 284 g/mol. The van der Waals surface area contributed by atoms with E-state index in [0.29, 0.717) is 13.0 Å². The lowest BCUT2D eigenvalue weighted by Crippen LogP contribution is -2.30. The van der Waals surface area contributed by atoms with E-state index < -0.39 is 10.0 Å². The van der Waals surface area contributed by atoms with Crippen molar-refractivity contribution in [3.05, 3.63) is 35.9 Å². The molecule has 1 aromatic carbocycles. The van der Waals surface area contributed by atoms with Crippen molar-refractivity contribution in [2.45, 2.75) is 25.7 Å². The van der Waals surface area contributed by atoms with Crippen molar-refractivity contribution >= 4 is 10.0 Å². The van der Waals surface area contributed by atoms with Gasteiger partial charge in [0.05, 0.1) is 5.75 Å². The Kier molecular flexibility index (Phi) is 7.05. The zero-order chi connectivity index (χ0) is 14.1. The Balaban J connectivity index is 2.34. The monoisotopic (exact) mass is 284 g/mol. The molecule has 0 spiro atoms. The van der Waals surface area contributed by atoms with E-state index in [1.165, 1.54) is 0 Å². The summed E-state index contributed by atoms with van der Waals surface area (Å²) < 4.78 is 26.3. The Morgan fingerprint density at radius 1 is 1.16 bits per heavy atom. The number of unbranched alkanes of at least 4 members (excludes halogenated alkanes) is 1.